The maximum absolute atomic E-state index is 10.0. The summed E-state index contributed by atoms with van der Waals surface area (Å²) in [5, 5.41) is 3.77. The number of aldehydes is 1. The van der Waals surface area contributed by atoms with Gasteiger partial charge >= 0.3 is 0 Å². The normalized spacial score (nSPS) is 11.3. The molecule has 5 heterocycles. The van der Waals surface area contributed by atoms with Gasteiger partial charge in [-0.1, -0.05) is 164 Å². The van der Waals surface area contributed by atoms with Gasteiger partial charge in [-0.25, -0.2) is 21.5 Å². The molecule has 0 aliphatic carbocycles. The summed E-state index contributed by atoms with van der Waals surface area (Å²) in [5.41, 5.74) is 18.2. The third-order valence-electron chi connectivity index (χ3n) is 9.69. The van der Waals surface area contributed by atoms with Gasteiger partial charge in [-0.05, 0) is 83.4 Å². The van der Waals surface area contributed by atoms with Gasteiger partial charge in [-0.3, -0.25) is 13.6 Å². The number of anilines is 3. The molecule has 0 saturated heterocycles. The summed E-state index contributed by atoms with van der Waals surface area (Å²) in [4.78, 5) is 26.8. The fourth-order valence-electron chi connectivity index (χ4n) is 7.73. The van der Waals surface area contributed by atoms with Crippen LogP contribution in [0.4, 0.5) is 17.5 Å². The van der Waals surface area contributed by atoms with Gasteiger partial charge in [0.1, 0.15) is 46.4 Å². The number of hydrogen-bond acceptors (Lipinski definition) is 7. The fraction of sp³-hybridized carbons (Fsp3) is 0.291. The Hall–Kier alpha value is -5.81. The maximum Gasteiger partial charge on any atom is 0.227 e. The van der Waals surface area contributed by atoms with Crippen molar-refractivity contribution in [3.63, 3.8) is 0 Å². The Balaban J connectivity index is 0.000000202. The average Bonchev–Trinajstić information content (AvgIpc) is 3.80. The highest BCUT2D eigenvalue weighted by Gasteiger charge is 2.30. The van der Waals surface area contributed by atoms with Crippen molar-refractivity contribution >= 4 is 82.8 Å². The first-order valence-corrected chi connectivity index (χ1v) is 24.5. The van der Waals surface area contributed by atoms with Crippen molar-refractivity contribution in [2.75, 3.05) is 16.8 Å². The molecule has 0 amide bonds. The molecule has 0 saturated carbocycles. The van der Waals surface area contributed by atoms with Gasteiger partial charge in [-0.2, -0.15) is 0 Å². The molecule has 8 rings (SSSR count). The van der Waals surface area contributed by atoms with Gasteiger partial charge in [0.2, 0.25) is 5.54 Å². The highest BCUT2D eigenvalue weighted by atomic mass is 79.9. The molecule has 3 aromatic carbocycles. The zero-order chi connectivity index (χ0) is 50.3. The number of nitrogen functional groups attached to an aromatic ring is 2. The molecule has 356 valence electrons. The number of nitrogens with one attached hydrogen (secondary N) is 1. The van der Waals surface area contributed by atoms with Gasteiger partial charge in [-0.15, -0.1) is 0 Å². The van der Waals surface area contributed by atoms with E-state index in [1.165, 1.54) is 0 Å². The number of fused-ring (bicyclic) bond motifs is 2. The summed E-state index contributed by atoms with van der Waals surface area (Å²) >= 11 is 10.2. The smallest absolute Gasteiger partial charge is 0.227 e. The largest absolute Gasteiger partial charge is 0.384 e. The summed E-state index contributed by atoms with van der Waals surface area (Å²) in [6.07, 6.45) is 8.49. The summed E-state index contributed by atoms with van der Waals surface area (Å²) in [6.45, 7) is 28.7. The molecule has 10 nitrogen and oxygen atoms in total. The number of aromatic nitrogens is 5. The zero-order valence-electron chi connectivity index (χ0n) is 40.7. The molecule has 0 fully saturated rings. The fourth-order valence-corrected chi connectivity index (χ4v) is 8.61. The van der Waals surface area contributed by atoms with Crippen molar-refractivity contribution in [3.05, 3.63) is 176 Å². The highest BCUT2D eigenvalue weighted by Crippen LogP contribution is 2.35. The van der Waals surface area contributed by atoms with E-state index in [1.54, 1.807) is 24.4 Å². The third kappa shape index (κ3) is 18.0. The van der Waals surface area contributed by atoms with Crippen LogP contribution in [0.2, 0.25) is 0 Å². The first-order valence-electron chi connectivity index (χ1n) is 22.1. The lowest BCUT2D eigenvalue weighted by molar-refractivity contribution is 0.112. The summed E-state index contributed by atoms with van der Waals surface area (Å²) in [7, 11) is 0. The van der Waals surface area contributed by atoms with E-state index in [1.807, 2.05) is 109 Å². The van der Waals surface area contributed by atoms with E-state index in [0.29, 0.717) is 11.6 Å². The second-order valence-corrected chi connectivity index (χ2v) is 22.6. The molecular formula is C55H64Br3N9O. The van der Waals surface area contributed by atoms with Crippen molar-refractivity contribution in [1.29, 1.82) is 0 Å². The van der Waals surface area contributed by atoms with Crippen molar-refractivity contribution in [2.24, 2.45) is 10.8 Å². The molecular weight excluding hydrogens is 1040 g/mol. The number of hydrogen-bond donors (Lipinski definition) is 3. The summed E-state index contributed by atoms with van der Waals surface area (Å²) < 4.78 is 7.00. The van der Waals surface area contributed by atoms with Crippen LogP contribution in [0.3, 0.4) is 0 Å². The van der Waals surface area contributed by atoms with Crippen LogP contribution in [0.25, 0.3) is 38.7 Å². The Kier molecular flexibility index (Phi) is 19.7. The number of nitrogens with zero attached hydrogens (tertiary/aromatic N) is 6. The van der Waals surface area contributed by atoms with Gasteiger partial charge < -0.3 is 21.6 Å². The highest BCUT2D eigenvalue weighted by molar-refractivity contribution is 9.11. The molecule has 8 aromatic rings. The predicted octanol–water partition coefficient (Wildman–Crippen LogP) is 15.8. The van der Waals surface area contributed by atoms with E-state index in [-0.39, 0.29) is 21.9 Å². The Morgan fingerprint density at radius 1 is 0.618 bits per heavy atom. The number of benzene rings is 3. The minimum absolute atomic E-state index is 0.0508. The molecule has 0 unspecified atom stereocenters. The zero-order valence-corrected chi connectivity index (χ0v) is 45.5. The summed E-state index contributed by atoms with van der Waals surface area (Å²) in [5.74, 6) is 2.26. The molecule has 0 aliphatic heterocycles. The van der Waals surface area contributed by atoms with E-state index in [4.69, 9.17) is 23.0 Å². The molecule has 0 bridgehead atoms. The van der Waals surface area contributed by atoms with Crippen LogP contribution >= 0.6 is 47.8 Å². The molecule has 13 heteroatoms. The number of carbonyl (C=O) groups excluding carboxylic acids is 1. The van der Waals surface area contributed by atoms with Crippen LogP contribution in [0.1, 0.15) is 92.4 Å². The first-order chi connectivity index (χ1) is 31.9. The number of pyridine rings is 3. The molecule has 0 aliphatic rings. The quantitative estimate of drug-likeness (QED) is 0.107. The van der Waals surface area contributed by atoms with Crippen molar-refractivity contribution in [1.82, 2.24) is 23.8 Å². The van der Waals surface area contributed by atoms with Crippen LogP contribution in [0.5, 0.6) is 0 Å². The molecule has 5 aromatic heterocycles. The average molecular weight is 1110 g/mol. The monoisotopic (exact) mass is 1100 g/mol. The molecule has 5 N–H and O–H groups in total. The second-order valence-electron chi connectivity index (χ2n) is 19.9. The van der Waals surface area contributed by atoms with Crippen LogP contribution in [-0.2, 0) is 0 Å². The standard InChI is InChI=1S/C21H26BrN3.C13H10BrN3.C9H17N.C7H6O.C5H5BrN2/c1-20(2,3)14-21(4,5)24-19-18(15-9-7-6-8-10-15)23-17-13-16(22)11-12-25(17)19;14-10-6-7-17-11(8-10)16-12(13(17)15)9-4-2-1-3-5-9;1-8(2,3)7-9(4,5)10-6;8-6-7-4-2-1-3-5-7;6-4-1-2-5(7)8-3-4/h6-13,24H,14H2,1-5H3;1-8H,15H2;7H2,1-5H3;1-6H;1-3H,(H2,7,8). The van der Waals surface area contributed by atoms with Crippen LogP contribution in [-0.4, -0.2) is 41.1 Å². The van der Waals surface area contributed by atoms with Crippen LogP contribution in [0, 0.1) is 17.4 Å². The Morgan fingerprint density at radius 3 is 1.51 bits per heavy atom. The Bertz CT molecular complexity index is 2840. The van der Waals surface area contributed by atoms with Crippen molar-refractivity contribution < 1.29 is 4.79 Å². The Labute approximate surface area is 428 Å². The number of nitrogens with two attached hydrogens (primary N) is 2. The molecule has 68 heavy (non-hydrogen) atoms. The predicted molar refractivity (Wildman–Crippen MR) is 296 cm³/mol. The number of carbonyl (C=O) groups is 1. The van der Waals surface area contributed by atoms with E-state index >= 15 is 0 Å². The molecule has 0 atom stereocenters. The lowest BCUT2D eigenvalue weighted by Gasteiger charge is -2.34. The lowest BCUT2D eigenvalue weighted by Crippen LogP contribution is -2.36. The molecule has 0 radical (unpaired) electrons. The number of imidazole rings is 2. The maximum atomic E-state index is 10.0. The minimum Gasteiger partial charge on any atom is -0.384 e. The van der Waals surface area contributed by atoms with Crippen molar-refractivity contribution in [2.45, 2.75) is 93.2 Å². The number of halogens is 3. The SMILES string of the molecule is CC(C)(C)CC(C)(C)Nc1c(-c2ccccc2)nc2cc(Br)ccn12.Nc1c(-c2ccccc2)nc2cc(Br)ccn12.Nc1ccc(Br)cn1.O=Cc1ccccc1.[C-]#[N+]C(C)(C)CC(C)(C)C. The van der Waals surface area contributed by atoms with E-state index in [2.05, 4.69) is 158 Å². The second kappa shape index (κ2) is 24.5. The topological polar surface area (TPSA) is 133 Å². The van der Waals surface area contributed by atoms with Crippen LogP contribution < -0.4 is 16.8 Å². The first kappa shape index (κ1) is 54.8. The summed E-state index contributed by atoms with van der Waals surface area (Å²) in [6, 6.07) is 41.0. The van der Waals surface area contributed by atoms with Gasteiger partial charge in [0.25, 0.3) is 0 Å². The Morgan fingerprint density at radius 2 is 1.09 bits per heavy atom. The van der Waals surface area contributed by atoms with E-state index < -0.39 is 0 Å². The van der Waals surface area contributed by atoms with E-state index in [9.17, 15) is 4.79 Å². The number of rotatable bonds is 7. The van der Waals surface area contributed by atoms with E-state index in [0.717, 1.165) is 77.7 Å². The molecule has 0 spiro atoms. The minimum atomic E-state index is -0.182. The van der Waals surface area contributed by atoms with Gasteiger partial charge in [0, 0.05) is 74.5 Å². The van der Waals surface area contributed by atoms with Gasteiger partial charge in [0.15, 0.2) is 0 Å². The van der Waals surface area contributed by atoms with Crippen LogP contribution in [0.15, 0.2) is 159 Å². The third-order valence-corrected chi connectivity index (χ3v) is 11.1. The lowest BCUT2D eigenvalue weighted by atomic mass is 9.82. The van der Waals surface area contributed by atoms with Crippen molar-refractivity contribution in [3.8, 4) is 22.5 Å². The van der Waals surface area contributed by atoms with Gasteiger partial charge in [0.05, 0.1) is 0 Å².